The lowest BCUT2D eigenvalue weighted by molar-refractivity contribution is 0.411. The van der Waals surface area contributed by atoms with Crippen molar-refractivity contribution in [1.82, 2.24) is 5.32 Å². The van der Waals surface area contributed by atoms with Crippen molar-refractivity contribution in [3.63, 3.8) is 0 Å². The second-order valence-electron chi connectivity index (χ2n) is 6.14. The number of anilines is 1. The molecule has 0 bridgehead atoms. The van der Waals surface area contributed by atoms with Gasteiger partial charge < -0.3 is 10.2 Å². The first-order valence-electron chi connectivity index (χ1n) is 6.59. The first-order valence-corrected chi connectivity index (χ1v) is 6.59. The van der Waals surface area contributed by atoms with Crippen LogP contribution in [0.4, 0.5) is 5.69 Å². The molecule has 2 heteroatoms. The van der Waals surface area contributed by atoms with Crippen molar-refractivity contribution in [1.29, 1.82) is 0 Å². The van der Waals surface area contributed by atoms with Crippen molar-refractivity contribution in [2.24, 2.45) is 5.41 Å². The fraction of sp³-hybridized carbons (Fsp3) is 0.600. The lowest BCUT2D eigenvalue weighted by Gasteiger charge is -2.29. The van der Waals surface area contributed by atoms with E-state index in [0.29, 0.717) is 5.41 Å². The molecule has 0 aliphatic carbocycles. The fourth-order valence-corrected chi connectivity index (χ4v) is 2.36. The highest BCUT2D eigenvalue weighted by molar-refractivity contribution is 5.48. The van der Waals surface area contributed by atoms with Crippen molar-refractivity contribution in [2.75, 3.05) is 31.1 Å². The van der Waals surface area contributed by atoms with E-state index < -0.39 is 0 Å². The largest absolute Gasteiger partial charge is 0.369 e. The Morgan fingerprint density at radius 1 is 1.06 bits per heavy atom. The van der Waals surface area contributed by atoms with Gasteiger partial charge in [-0.25, -0.2) is 0 Å². The number of hydrogen-bond donors (Lipinski definition) is 1. The molecule has 0 aromatic heterocycles. The van der Waals surface area contributed by atoms with E-state index in [1.165, 1.54) is 11.3 Å². The van der Waals surface area contributed by atoms with Gasteiger partial charge >= 0.3 is 0 Å². The van der Waals surface area contributed by atoms with E-state index in [4.69, 9.17) is 0 Å². The molecular formula is C15H24N2. The van der Waals surface area contributed by atoms with E-state index in [9.17, 15) is 0 Å². The predicted molar refractivity (Wildman–Crippen MR) is 74.7 cm³/mol. The molecule has 0 saturated carbocycles. The normalized spacial score (nSPS) is 17.2. The SMILES string of the molecule is CC(C)(C)Cc1ccc(N2CCNCC2)cc1. The Kier molecular flexibility index (Phi) is 3.72. The Hall–Kier alpha value is -1.02. The van der Waals surface area contributed by atoms with Gasteiger partial charge in [-0.1, -0.05) is 32.9 Å². The highest BCUT2D eigenvalue weighted by atomic mass is 15.2. The van der Waals surface area contributed by atoms with Gasteiger partial charge in [-0.3, -0.25) is 0 Å². The Morgan fingerprint density at radius 3 is 2.18 bits per heavy atom. The predicted octanol–water partition coefficient (Wildman–Crippen LogP) is 2.68. The zero-order chi connectivity index (χ0) is 12.3. The van der Waals surface area contributed by atoms with Crippen LogP contribution in [0.2, 0.25) is 0 Å². The lowest BCUT2D eigenvalue weighted by Crippen LogP contribution is -2.43. The van der Waals surface area contributed by atoms with E-state index in [2.05, 4.69) is 55.3 Å². The lowest BCUT2D eigenvalue weighted by atomic mass is 9.88. The van der Waals surface area contributed by atoms with Crippen LogP contribution in [0.25, 0.3) is 0 Å². The van der Waals surface area contributed by atoms with Crippen molar-refractivity contribution >= 4 is 5.69 Å². The van der Waals surface area contributed by atoms with Crippen LogP contribution in [0.5, 0.6) is 0 Å². The van der Waals surface area contributed by atoms with Gasteiger partial charge in [-0.05, 0) is 29.5 Å². The maximum Gasteiger partial charge on any atom is 0.0367 e. The van der Waals surface area contributed by atoms with Gasteiger partial charge in [0.15, 0.2) is 0 Å². The first-order chi connectivity index (χ1) is 8.04. The molecule has 0 radical (unpaired) electrons. The van der Waals surface area contributed by atoms with Crippen LogP contribution in [-0.2, 0) is 6.42 Å². The van der Waals surface area contributed by atoms with Crippen LogP contribution in [0.3, 0.4) is 0 Å². The van der Waals surface area contributed by atoms with Crippen molar-refractivity contribution in [3.05, 3.63) is 29.8 Å². The molecule has 0 unspecified atom stereocenters. The standard InChI is InChI=1S/C15H24N2/c1-15(2,3)12-13-4-6-14(7-5-13)17-10-8-16-9-11-17/h4-7,16H,8-12H2,1-3H3. The minimum absolute atomic E-state index is 0.372. The van der Waals surface area contributed by atoms with Gasteiger partial charge in [0.2, 0.25) is 0 Å². The molecule has 1 N–H and O–H groups in total. The smallest absolute Gasteiger partial charge is 0.0367 e. The minimum atomic E-state index is 0.372. The Morgan fingerprint density at radius 2 is 1.65 bits per heavy atom. The molecule has 2 rings (SSSR count). The summed E-state index contributed by atoms with van der Waals surface area (Å²) in [6.07, 6.45) is 1.15. The third kappa shape index (κ3) is 3.74. The fourth-order valence-electron chi connectivity index (χ4n) is 2.36. The molecule has 1 heterocycles. The average Bonchev–Trinajstić information content (AvgIpc) is 2.29. The first kappa shape index (κ1) is 12.4. The number of hydrogen-bond acceptors (Lipinski definition) is 2. The molecule has 2 nitrogen and oxygen atoms in total. The van der Waals surface area contributed by atoms with Crippen LogP contribution >= 0.6 is 0 Å². The molecule has 1 aromatic rings. The number of rotatable bonds is 2. The third-order valence-corrected chi connectivity index (χ3v) is 3.15. The average molecular weight is 232 g/mol. The quantitative estimate of drug-likeness (QED) is 0.843. The van der Waals surface area contributed by atoms with Crippen LogP contribution in [0.15, 0.2) is 24.3 Å². The molecule has 0 spiro atoms. The van der Waals surface area contributed by atoms with E-state index in [1.54, 1.807) is 0 Å². The maximum atomic E-state index is 3.39. The second-order valence-corrected chi connectivity index (χ2v) is 6.14. The molecule has 0 amide bonds. The number of benzene rings is 1. The Bertz CT molecular complexity index is 342. The summed E-state index contributed by atoms with van der Waals surface area (Å²) in [5, 5.41) is 3.39. The summed E-state index contributed by atoms with van der Waals surface area (Å²) in [6.45, 7) is 11.3. The summed E-state index contributed by atoms with van der Waals surface area (Å²) in [7, 11) is 0. The summed E-state index contributed by atoms with van der Waals surface area (Å²) < 4.78 is 0. The van der Waals surface area contributed by atoms with Crippen LogP contribution in [0.1, 0.15) is 26.3 Å². The zero-order valence-corrected chi connectivity index (χ0v) is 11.3. The van der Waals surface area contributed by atoms with Gasteiger partial charge in [-0.15, -0.1) is 0 Å². The highest BCUT2D eigenvalue weighted by Crippen LogP contribution is 2.22. The minimum Gasteiger partial charge on any atom is -0.369 e. The van der Waals surface area contributed by atoms with Gasteiger partial charge in [-0.2, -0.15) is 0 Å². The molecule has 1 aliphatic rings. The van der Waals surface area contributed by atoms with Crippen molar-refractivity contribution in [3.8, 4) is 0 Å². The molecule has 1 fully saturated rings. The molecule has 0 atom stereocenters. The number of nitrogens with one attached hydrogen (secondary N) is 1. The van der Waals surface area contributed by atoms with Crippen molar-refractivity contribution in [2.45, 2.75) is 27.2 Å². The Labute approximate surface area is 105 Å². The summed E-state index contributed by atoms with van der Waals surface area (Å²) in [6, 6.07) is 9.10. The topological polar surface area (TPSA) is 15.3 Å². The summed E-state index contributed by atoms with van der Waals surface area (Å²) >= 11 is 0. The van der Waals surface area contributed by atoms with E-state index in [0.717, 1.165) is 32.6 Å². The van der Waals surface area contributed by atoms with Gasteiger partial charge in [0.1, 0.15) is 0 Å². The van der Waals surface area contributed by atoms with Crippen LogP contribution < -0.4 is 10.2 Å². The number of piperazine rings is 1. The van der Waals surface area contributed by atoms with E-state index in [1.807, 2.05) is 0 Å². The van der Waals surface area contributed by atoms with Crippen molar-refractivity contribution < 1.29 is 0 Å². The molecule has 1 saturated heterocycles. The second kappa shape index (κ2) is 5.09. The van der Waals surface area contributed by atoms with Crippen LogP contribution in [0, 0.1) is 5.41 Å². The van der Waals surface area contributed by atoms with Gasteiger partial charge in [0.25, 0.3) is 0 Å². The Balaban J connectivity index is 2.02. The highest BCUT2D eigenvalue weighted by Gasteiger charge is 2.13. The number of nitrogens with zero attached hydrogens (tertiary/aromatic N) is 1. The summed E-state index contributed by atoms with van der Waals surface area (Å²) in [4.78, 5) is 2.46. The van der Waals surface area contributed by atoms with Gasteiger partial charge in [0, 0.05) is 31.9 Å². The zero-order valence-electron chi connectivity index (χ0n) is 11.3. The monoisotopic (exact) mass is 232 g/mol. The maximum absolute atomic E-state index is 3.39. The van der Waals surface area contributed by atoms with Crippen LogP contribution in [-0.4, -0.2) is 26.2 Å². The molecule has 1 aromatic carbocycles. The summed E-state index contributed by atoms with van der Waals surface area (Å²) in [5.74, 6) is 0. The third-order valence-electron chi connectivity index (χ3n) is 3.15. The van der Waals surface area contributed by atoms with E-state index in [-0.39, 0.29) is 0 Å². The van der Waals surface area contributed by atoms with E-state index >= 15 is 0 Å². The molecular weight excluding hydrogens is 208 g/mol. The van der Waals surface area contributed by atoms with Gasteiger partial charge in [0.05, 0.1) is 0 Å². The summed E-state index contributed by atoms with van der Waals surface area (Å²) in [5.41, 5.74) is 3.18. The molecule has 17 heavy (non-hydrogen) atoms. The molecule has 1 aliphatic heterocycles. The molecule has 94 valence electrons.